The molecule has 58 valence electrons. The number of halogens is 1. The summed E-state index contributed by atoms with van der Waals surface area (Å²) in [4.78, 5) is 0. The molecule has 1 unspecified atom stereocenters. The van der Waals surface area contributed by atoms with Crippen LogP contribution in [0.2, 0.25) is 0 Å². The van der Waals surface area contributed by atoms with Gasteiger partial charge in [-0.15, -0.1) is 0 Å². The number of alkyl halides is 1. The molecule has 0 saturated heterocycles. The number of rotatable bonds is 0. The van der Waals surface area contributed by atoms with Crippen LogP contribution >= 0.6 is 15.9 Å². The third kappa shape index (κ3) is 1.42. The van der Waals surface area contributed by atoms with E-state index in [1.165, 1.54) is 5.41 Å². The van der Waals surface area contributed by atoms with Crippen molar-refractivity contribution in [2.24, 2.45) is 0 Å². The quantitative estimate of drug-likeness (QED) is 0.585. The van der Waals surface area contributed by atoms with Crippen molar-refractivity contribution in [2.75, 3.05) is 5.75 Å². The molecule has 1 atom stereocenters. The van der Waals surface area contributed by atoms with E-state index in [-0.39, 0.29) is 10.1 Å². The first-order valence-corrected chi connectivity index (χ1v) is 5.45. The summed E-state index contributed by atoms with van der Waals surface area (Å²) >= 11 is 3.34. The molecule has 0 fully saturated rings. The van der Waals surface area contributed by atoms with Gasteiger partial charge in [-0.25, -0.2) is 8.42 Å². The molecule has 0 bridgehead atoms. The maximum atomic E-state index is 11.0. The summed E-state index contributed by atoms with van der Waals surface area (Å²) in [6.45, 7) is 3.68. The number of hydrogen-bond acceptors (Lipinski definition) is 2. The molecule has 0 amide bonds. The molecule has 0 spiro atoms. The van der Waals surface area contributed by atoms with Gasteiger partial charge < -0.3 is 0 Å². The smallest absolute Gasteiger partial charge is 0.173 e. The van der Waals surface area contributed by atoms with Crippen LogP contribution in [0.25, 0.3) is 0 Å². The highest BCUT2D eigenvalue weighted by Crippen LogP contribution is 2.34. The first-order chi connectivity index (χ1) is 4.33. The average molecular weight is 225 g/mol. The molecule has 0 aromatic heterocycles. The van der Waals surface area contributed by atoms with Crippen LogP contribution in [0.3, 0.4) is 0 Å². The molecule has 0 saturated carbocycles. The van der Waals surface area contributed by atoms with Gasteiger partial charge in [-0.05, 0) is 19.4 Å². The van der Waals surface area contributed by atoms with Gasteiger partial charge in [0.05, 0.1) is 10.1 Å². The van der Waals surface area contributed by atoms with Gasteiger partial charge in [0, 0.05) is 5.41 Å². The minimum Gasteiger partial charge on any atom is -0.224 e. The van der Waals surface area contributed by atoms with E-state index in [0.717, 1.165) is 5.57 Å². The van der Waals surface area contributed by atoms with Gasteiger partial charge in [0.15, 0.2) is 9.84 Å². The summed E-state index contributed by atoms with van der Waals surface area (Å²) in [7, 11) is -2.91. The average Bonchev–Trinajstić information content (AvgIpc) is 1.73. The summed E-state index contributed by atoms with van der Waals surface area (Å²) in [5.74, 6) is 0.186. The Labute approximate surface area is 69.4 Å². The molecule has 0 aromatic rings. The Morgan fingerprint density at radius 2 is 2.20 bits per heavy atom. The van der Waals surface area contributed by atoms with Crippen molar-refractivity contribution in [3.05, 3.63) is 11.0 Å². The highest BCUT2D eigenvalue weighted by atomic mass is 79.9. The highest BCUT2D eigenvalue weighted by Gasteiger charge is 2.35. The molecule has 0 radical (unpaired) electrons. The minimum absolute atomic E-state index is 0.186. The van der Waals surface area contributed by atoms with E-state index in [2.05, 4.69) is 15.9 Å². The van der Waals surface area contributed by atoms with Crippen molar-refractivity contribution in [3.63, 3.8) is 0 Å². The third-order valence-electron chi connectivity index (χ3n) is 1.65. The normalized spacial score (nSPS) is 37.7. The predicted molar refractivity (Wildman–Crippen MR) is 44.9 cm³/mol. The van der Waals surface area contributed by atoms with E-state index >= 15 is 0 Å². The number of sulfone groups is 1. The fourth-order valence-electron chi connectivity index (χ4n) is 0.926. The van der Waals surface area contributed by atoms with Crippen LogP contribution in [0.5, 0.6) is 0 Å². The zero-order chi connectivity index (χ0) is 7.99. The van der Waals surface area contributed by atoms with Gasteiger partial charge in [-0.1, -0.05) is 15.9 Å². The SMILES string of the molecule is CC1=CS(=O)(=O)CC1(C)Br. The van der Waals surface area contributed by atoms with Crippen LogP contribution in [0.4, 0.5) is 0 Å². The van der Waals surface area contributed by atoms with Gasteiger partial charge in [-0.3, -0.25) is 0 Å². The lowest BCUT2D eigenvalue weighted by atomic mass is 10.1. The lowest BCUT2D eigenvalue weighted by Gasteiger charge is -2.14. The summed E-state index contributed by atoms with van der Waals surface area (Å²) < 4.78 is 21.6. The van der Waals surface area contributed by atoms with Crippen LogP contribution in [-0.4, -0.2) is 18.5 Å². The second-order valence-corrected chi connectivity index (χ2v) is 6.41. The molecule has 0 aromatic carbocycles. The molecular weight excluding hydrogens is 216 g/mol. The van der Waals surface area contributed by atoms with Crippen molar-refractivity contribution in [3.8, 4) is 0 Å². The van der Waals surface area contributed by atoms with Crippen LogP contribution in [0.15, 0.2) is 11.0 Å². The predicted octanol–water partition coefficient (Wildman–Crippen LogP) is 1.47. The molecule has 10 heavy (non-hydrogen) atoms. The van der Waals surface area contributed by atoms with E-state index in [1.54, 1.807) is 0 Å². The highest BCUT2D eigenvalue weighted by molar-refractivity contribution is 9.10. The zero-order valence-corrected chi connectivity index (χ0v) is 8.29. The Kier molecular flexibility index (Phi) is 1.72. The number of allylic oxidation sites excluding steroid dienone is 1. The van der Waals surface area contributed by atoms with Crippen LogP contribution in [-0.2, 0) is 9.84 Å². The first kappa shape index (κ1) is 8.27. The van der Waals surface area contributed by atoms with Gasteiger partial charge in [0.2, 0.25) is 0 Å². The van der Waals surface area contributed by atoms with Crippen LogP contribution in [0.1, 0.15) is 13.8 Å². The second-order valence-electron chi connectivity index (χ2n) is 2.81. The zero-order valence-electron chi connectivity index (χ0n) is 5.89. The van der Waals surface area contributed by atoms with Crippen molar-refractivity contribution < 1.29 is 8.42 Å². The Hall–Kier alpha value is 0.170. The van der Waals surface area contributed by atoms with E-state index in [4.69, 9.17) is 0 Å². The Morgan fingerprint density at radius 1 is 1.70 bits per heavy atom. The maximum absolute atomic E-state index is 11.0. The maximum Gasteiger partial charge on any atom is 0.173 e. The van der Waals surface area contributed by atoms with Crippen LogP contribution in [0, 0.1) is 0 Å². The Bertz CT molecular complexity index is 274. The molecule has 1 aliphatic heterocycles. The lowest BCUT2D eigenvalue weighted by molar-refractivity contribution is 0.604. The Morgan fingerprint density at radius 3 is 2.30 bits per heavy atom. The fraction of sp³-hybridized carbons (Fsp3) is 0.667. The van der Waals surface area contributed by atoms with E-state index in [1.807, 2.05) is 13.8 Å². The van der Waals surface area contributed by atoms with Crippen molar-refractivity contribution >= 4 is 25.8 Å². The summed E-state index contributed by atoms with van der Waals surface area (Å²) in [5.41, 5.74) is 0.882. The monoisotopic (exact) mass is 224 g/mol. The summed E-state index contributed by atoms with van der Waals surface area (Å²) in [6, 6.07) is 0. The van der Waals surface area contributed by atoms with Crippen LogP contribution < -0.4 is 0 Å². The first-order valence-electron chi connectivity index (χ1n) is 2.94. The standard InChI is InChI=1S/C6H9BrO2S/c1-5-3-10(8,9)4-6(5,2)7/h3H,4H2,1-2H3. The molecule has 0 N–H and O–H groups in total. The van der Waals surface area contributed by atoms with Gasteiger partial charge >= 0.3 is 0 Å². The topological polar surface area (TPSA) is 34.1 Å². The van der Waals surface area contributed by atoms with E-state index in [9.17, 15) is 8.42 Å². The van der Waals surface area contributed by atoms with Crippen molar-refractivity contribution in [1.29, 1.82) is 0 Å². The molecule has 4 heteroatoms. The van der Waals surface area contributed by atoms with Gasteiger partial charge in [0.1, 0.15) is 0 Å². The molecular formula is C6H9BrO2S. The molecule has 1 rings (SSSR count). The third-order valence-corrected chi connectivity index (χ3v) is 4.62. The number of hydrogen-bond donors (Lipinski definition) is 0. The minimum atomic E-state index is -2.91. The molecule has 1 aliphatic rings. The molecule has 2 nitrogen and oxygen atoms in total. The van der Waals surface area contributed by atoms with E-state index in [0.29, 0.717) is 0 Å². The van der Waals surface area contributed by atoms with Crippen molar-refractivity contribution in [2.45, 2.75) is 18.2 Å². The summed E-state index contributed by atoms with van der Waals surface area (Å²) in [6.07, 6.45) is 0. The molecule has 0 aliphatic carbocycles. The summed E-state index contributed by atoms with van der Waals surface area (Å²) in [5, 5.41) is 1.34. The lowest BCUT2D eigenvalue weighted by Crippen LogP contribution is -2.20. The van der Waals surface area contributed by atoms with Crippen molar-refractivity contribution in [1.82, 2.24) is 0 Å². The largest absolute Gasteiger partial charge is 0.224 e. The van der Waals surface area contributed by atoms with Gasteiger partial charge in [-0.2, -0.15) is 0 Å². The van der Waals surface area contributed by atoms with E-state index < -0.39 is 9.84 Å². The van der Waals surface area contributed by atoms with Gasteiger partial charge in [0.25, 0.3) is 0 Å². The Balaban J connectivity index is 3.12. The second kappa shape index (κ2) is 2.08. The molecule has 1 heterocycles. The fourth-order valence-corrected chi connectivity index (χ4v) is 4.01.